The van der Waals surface area contributed by atoms with E-state index in [9.17, 15) is 74.3 Å². The molecule has 0 aromatic rings. The van der Waals surface area contributed by atoms with Crippen LogP contribution in [0.3, 0.4) is 0 Å². The molecule has 0 heterocycles. The molecule has 0 saturated heterocycles. The minimum absolute atomic E-state index is 0. The number of hydrogen-bond acceptors (Lipinski definition) is 2. The minimum atomic E-state index is -8.64. The fourth-order valence-corrected chi connectivity index (χ4v) is 2.44. The van der Waals surface area contributed by atoms with Crippen molar-refractivity contribution in [2.45, 2.75) is 46.5 Å². The summed E-state index contributed by atoms with van der Waals surface area (Å²) >= 11 is 0. The van der Waals surface area contributed by atoms with Crippen LogP contribution in [0, 0.1) is 0 Å². The quantitative estimate of drug-likeness (QED) is 0.366. The van der Waals surface area contributed by atoms with Crippen molar-refractivity contribution in [2.24, 2.45) is 0 Å². The van der Waals surface area contributed by atoms with Crippen molar-refractivity contribution >= 4 is 61.5 Å². The summed E-state index contributed by atoms with van der Waals surface area (Å²) in [4.78, 5) is 0. The summed E-state index contributed by atoms with van der Waals surface area (Å²) < 4.78 is 225. The third-order valence-corrected chi connectivity index (χ3v) is 4.47. The normalized spacial score (nSPS) is 27.6. The first-order valence-corrected chi connectivity index (χ1v) is 6.99. The Morgan fingerprint density at radius 2 is 0.786 bits per heavy atom. The Bertz CT molecular complexity index is 714. The topological polar surface area (TPSA) is 54.4 Å². The van der Waals surface area contributed by atoms with Crippen molar-refractivity contribution in [3.63, 3.8) is 0 Å². The van der Waals surface area contributed by atoms with E-state index in [1.54, 1.807) is 0 Å². The van der Waals surface area contributed by atoms with Gasteiger partial charge >= 0.3 is 108 Å². The summed E-state index contributed by atoms with van der Waals surface area (Å²) in [5.74, 6) is -49.7. The van der Waals surface area contributed by atoms with E-state index in [0.29, 0.717) is 0 Å². The Morgan fingerprint density at radius 3 is 1.00 bits per heavy atom. The van der Waals surface area contributed by atoms with Gasteiger partial charge in [-0.3, -0.25) is 4.55 Å². The second-order valence-corrected chi connectivity index (χ2v) is 6.56. The van der Waals surface area contributed by atoms with Gasteiger partial charge in [-0.15, -0.1) is 0 Å². The molecule has 0 amide bonds. The van der Waals surface area contributed by atoms with Crippen LogP contribution in [-0.2, 0) is 10.1 Å². The van der Waals surface area contributed by atoms with Crippen LogP contribution in [0.4, 0.5) is 65.9 Å². The molecule has 0 aromatic carbocycles. The summed E-state index contributed by atoms with van der Waals surface area (Å²) in [5.41, 5.74) is -8.64. The average Bonchev–Trinajstić information content (AvgIpc) is 2.42. The first kappa shape index (κ1) is 28.5. The molecule has 0 bridgehead atoms. The third kappa shape index (κ3) is 2.59. The summed E-state index contributed by atoms with van der Waals surface area (Å²) in [6, 6.07) is 0. The molecule has 1 aliphatic carbocycles. The van der Waals surface area contributed by atoms with Gasteiger partial charge in [0.05, 0.1) is 0 Å². The van der Waals surface area contributed by atoms with Gasteiger partial charge in [-0.2, -0.15) is 69.9 Å². The number of hydrogen-bond donors (Lipinski definition) is 1. The van der Waals surface area contributed by atoms with Gasteiger partial charge in [0, 0.05) is 0 Å². The van der Waals surface area contributed by atoms with Gasteiger partial charge in [-0.05, 0) is 0 Å². The van der Waals surface area contributed by atoms with Crippen LogP contribution in [0.1, 0.15) is 0 Å². The van der Waals surface area contributed by atoms with Gasteiger partial charge in [0.25, 0.3) is 0 Å². The summed E-state index contributed by atoms with van der Waals surface area (Å²) in [7, 11) is -7.92. The van der Waals surface area contributed by atoms with Crippen molar-refractivity contribution < 1.29 is 78.8 Å². The van der Waals surface area contributed by atoms with E-state index in [-0.39, 0.29) is 51.4 Å². The molecular formula is C8H2F15KO3S. The molecule has 1 N–H and O–H groups in total. The van der Waals surface area contributed by atoms with E-state index in [1.165, 1.54) is 0 Å². The van der Waals surface area contributed by atoms with Crippen LogP contribution in [0.5, 0.6) is 0 Å². The fraction of sp³-hybridized carbons (Fsp3) is 1.00. The van der Waals surface area contributed by atoms with Crippen LogP contribution >= 0.6 is 0 Å². The van der Waals surface area contributed by atoms with Gasteiger partial charge in [-0.25, -0.2) is 4.39 Å². The Hall–Kier alpha value is 0.496. The van der Waals surface area contributed by atoms with E-state index in [0.717, 1.165) is 0 Å². The Kier molecular flexibility index (Phi) is 6.62. The molecule has 1 fully saturated rings. The first-order valence-electron chi connectivity index (χ1n) is 5.55. The zero-order chi connectivity index (χ0) is 22.5. The SMILES string of the molecule is O=S(=O)(O)C(F)(F)C(F)(F)C1(F)C(F)(F)C(F)(F)C(F)(F)C(F)(F)C1(F)F.[KH]. The summed E-state index contributed by atoms with van der Waals surface area (Å²) in [6.45, 7) is 0. The second-order valence-electron chi connectivity index (χ2n) is 5.10. The maximum absolute atomic E-state index is 13.9. The van der Waals surface area contributed by atoms with Crippen LogP contribution in [0.15, 0.2) is 0 Å². The zero-order valence-electron chi connectivity index (χ0n) is 11.3. The van der Waals surface area contributed by atoms with E-state index in [4.69, 9.17) is 4.55 Å². The molecule has 1 aliphatic rings. The van der Waals surface area contributed by atoms with Crippen molar-refractivity contribution in [3.05, 3.63) is 0 Å². The molecule has 0 aliphatic heterocycles. The van der Waals surface area contributed by atoms with Gasteiger partial charge in [0.2, 0.25) is 0 Å². The zero-order valence-corrected chi connectivity index (χ0v) is 12.2. The average molecular weight is 502 g/mol. The monoisotopic (exact) mass is 502 g/mol. The van der Waals surface area contributed by atoms with E-state index >= 15 is 0 Å². The molecule has 20 heteroatoms. The van der Waals surface area contributed by atoms with Gasteiger partial charge < -0.3 is 0 Å². The maximum atomic E-state index is 13.9. The number of halogens is 15. The molecule has 0 radical (unpaired) electrons. The molecular weight excluding hydrogens is 500 g/mol. The molecule has 28 heavy (non-hydrogen) atoms. The van der Waals surface area contributed by atoms with Crippen molar-refractivity contribution in [2.75, 3.05) is 0 Å². The second kappa shape index (κ2) is 6.50. The third-order valence-electron chi connectivity index (χ3n) is 3.56. The predicted molar refractivity (Wildman–Crippen MR) is 57.2 cm³/mol. The Morgan fingerprint density at radius 1 is 0.571 bits per heavy atom. The van der Waals surface area contributed by atoms with E-state index < -0.39 is 56.6 Å². The molecule has 164 valence electrons. The fourth-order valence-electron chi connectivity index (χ4n) is 1.98. The number of alkyl halides is 15. The van der Waals surface area contributed by atoms with Crippen molar-refractivity contribution in [3.8, 4) is 0 Å². The number of rotatable bonds is 3. The van der Waals surface area contributed by atoms with Gasteiger partial charge in [-0.1, -0.05) is 0 Å². The molecule has 1 rings (SSSR count). The molecule has 0 aromatic heterocycles. The molecule has 3 nitrogen and oxygen atoms in total. The van der Waals surface area contributed by atoms with Crippen LogP contribution in [-0.4, -0.2) is 111 Å². The van der Waals surface area contributed by atoms with Crippen molar-refractivity contribution in [1.82, 2.24) is 0 Å². The molecule has 0 atom stereocenters. The van der Waals surface area contributed by atoms with E-state index in [2.05, 4.69) is 0 Å². The van der Waals surface area contributed by atoms with Gasteiger partial charge in [0.15, 0.2) is 0 Å². The van der Waals surface area contributed by atoms with E-state index in [1.807, 2.05) is 0 Å². The summed E-state index contributed by atoms with van der Waals surface area (Å²) in [6.07, 6.45) is 0. The first-order chi connectivity index (χ1) is 11.2. The Labute approximate surface area is 185 Å². The van der Waals surface area contributed by atoms with Crippen LogP contribution in [0.2, 0.25) is 0 Å². The van der Waals surface area contributed by atoms with Gasteiger partial charge in [0.1, 0.15) is 0 Å². The van der Waals surface area contributed by atoms with Crippen molar-refractivity contribution in [1.29, 1.82) is 0 Å². The van der Waals surface area contributed by atoms with Crippen LogP contribution < -0.4 is 0 Å². The molecule has 1 saturated carbocycles. The standard InChI is InChI=1S/C8HF15O3S.K.H/c9-1(4(14,15)8(22,23)27(24,25)26)2(10,11)5(16,17)7(20,21)6(18,19)3(1,12)13;;/h(H,24,25,26);;. The van der Waals surface area contributed by atoms with Crippen LogP contribution in [0.25, 0.3) is 0 Å². The molecule has 0 spiro atoms. The summed E-state index contributed by atoms with van der Waals surface area (Å²) in [5, 5.41) is -7.87. The molecule has 0 unspecified atom stereocenters. The predicted octanol–water partition coefficient (Wildman–Crippen LogP) is 3.35. The Balaban J connectivity index is 0.00000729.